The topological polar surface area (TPSA) is 0 Å². The summed E-state index contributed by atoms with van der Waals surface area (Å²) in [6.45, 7) is 3.63. The minimum Gasteiger partial charge on any atom is -0.331 e. The molecule has 0 aromatic heterocycles. The fourth-order valence-electron chi connectivity index (χ4n) is 2.78. The van der Waals surface area contributed by atoms with Crippen LogP contribution in [0.1, 0.15) is 96.8 Å². The molecule has 0 bridgehead atoms. The summed E-state index contributed by atoms with van der Waals surface area (Å²) in [5.41, 5.74) is 0. The first kappa shape index (κ1) is 28.3. The number of nitrogens with zero attached hydrogens (tertiary/aromatic N) is 1. The van der Waals surface area contributed by atoms with Crippen LogP contribution in [0.25, 0.3) is 0 Å². The summed E-state index contributed by atoms with van der Waals surface area (Å²) in [5.74, 6) is 0. The zero-order valence-electron chi connectivity index (χ0n) is 16.2. The molecular weight excluding hydrogens is 318 g/mol. The normalized spacial score (nSPS) is 10.9. The van der Waals surface area contributed by atoms with Gasteiger partial charge in [-0.25, -0.2) is 0 Å². The van der Waals surface area contributed by atoms with Crippen molar-refractivity contribution in [2.24, 2.45) is 0 Å². The van der Waals surface area contributed by atoms with E-state index in [1.54, 1.807) is 0 Å². The van der Waals surface area contributed by atoms with Gasteiger partial charge in [0.15, 0.2) is 0 Å². The Morgan fingerprint density at radius 3 is 1.05 bits per heavy atom. The predicted molar refractivity (Wildman–Crippen MR) is 106 cm³/mol. The van der Waals surface area contributed by atoms with Crippen molar-refractivity contribution in [2.45, 2.75) is 96.8 Å². The van der Waals surface area contributed by atoms with Crippen LogP contribution in [0.4, 0.5) is 0 Å². The fourth-order valence-corrected chi connectivity index (χ4v) is 2.78. The second-order valence-corrected chi connectivity index (χ2v) is 7.61. The molecule has 0 aliphatic rings. The van der Waals surface area contributed by atoms with Crippen LogP contribution in [-0.2, 0) is 0 Å². The first-order chi connectivity index (χ1) is 9.56. The van der Waals surface area contributed by atoms with E-state index in [4.69, 9.17) is 0 Å². The third-order valence-electron chi connectivity index (χ3n) is 4.18. The van der Waals surface area contributed by atoms with E-state index >= 15 is 0 Å². The van der Waals surface area contributed by atoms with Gasteiger partial charge in [0.05, 0.1) is 27.7 Å². The van der Waals surface area contributed by atoms with Gasteiger partial charge in [0.25, 0.3) is 0 Å². The number of hydrogen-bond donors (Lipinski definition) is 0. The minimum absolute atomic E-state index is 0. The molecule has 0 amide bonds. The maximum atomic E-state index is 2.29. The molecule has 22 heavy (non-hydrogen) atoms. The molecule has 1 nitrogen and oxygen atoms in total. The molecule has 0 N–H and O–H groups in total. The van der Waals surface area contributed by atoms with E-state index in [2.05, 4.69) is 28.1 Å². The van der Waals surface area contributed by atoms with Crippen LogP contribution in [-0.4, -0.2) is 69.9 Å². The summed E-state index contributed by atoms with van der Waals surface area (Å²) < 4.78 is 1.12. The second kappa shape index (κ2) is 20.6. The van der Waals surface area contributed by atoms with Crippen molar-refractivity contribution in [2.75, 3.05) is 27.7 Å². The Bertz CT molecular complexity index is 192. The molecule has 0 aromatic rings. The molecule has 130 valence electrons. The van der Waals surface area contributed by atoms with Crippen molar-refractivity contribution >= 4 is 50.1 Å². The van der Waals surface area contributed by atoms with Gasteiger partial charge in [-0.05, 0) is 12.8 Å². The zero-order chi connectivity index (χ0) is 15.1. The number of unbranched alkanes of at least 4 members (excludes halogenated alkanes) is 13. The summed E-state index contributed by atoms with van der Waals surface area (Å²) in [7, 11) is 6.88. The van der Waals surface area contributed by atoms with Gasteiger partial charge >= 0.3 is 37.7 Å². The molecule has 0 saturated heterocycles. The molecule has 0 atom stereocenters. The van der Waals surface area contributed by atoms with Gasteiger partial charge in [0, 0.05) is 0 Å². The van der Waals surface area contributed by atoms with E-state index in [0.29, 0.717) is 0 Å². The van der Waals surface area contributed by atoms with E-state index in [9.17, 15) is 0 Å². The molecule has 0 saturated carbocycles. The average molecular weight is 361 g/mol. The Hall–Kier alpha value is 1.51. The smallest absolute Gasteiger partial charge is 0.331 e. The van der Waals surface area contributed by atoms with Crippen molar-refractivity contribution < 1.29 is 4.48 Å². The van der Waals surface area contributed by atoms with Crippen molar-refractivity contribution in [1.29, 1.82) is 0 Å². The SMILES string of the molecule is CCCCCCCCCCCCCCCC[N+](C)(C)C.Cl.[Ca+2]. The molecule has 0 unspecified atom stereocenters. The maximum absolute atomic E-state index is 2.29. The van der Waals surface area contributed by atoms with Crippen molar-refractivity contribution in [3.05, 3.63) is 0 Å². The van der Waals surface area contributed by atoms with Gasteiger partial charge < -0.3 is 4.48 Å². The average Bonchev–Trinajstić information content (AvgIpc) is 2.38. The Morgan fingerprint density at radius 2 is 0.773 bits per heavy atom. The van der Waals surface area contributed by atoms with Crippen LogP contribution < -0.4 is 0 Å². The summed E-state index contributed by atoms with van der Waals surface area (Å²) in [6.07, 6.45) is 20.4. The third kappa shape index (κ3) is 26.4. The molecule has 0 radical (unpaired) electrons. The van der Waals surface area contributed by atoms with Crippen LogP contribution in [0.2, 0.25) is 0 Å². The van der Waals surface area contributed by atoms with Crippen LogP contribution in [0.5, 0.6) is 0 Å². The molecule has 0 spiro atoms. The van der Waals surface area contributed by atoms with Crippen molar-refractivity contribution in [3.63, 3.8) is 0 Å². The van der Waals surface area contributed by atoms with Gasteiger partial charge in [-0.1, -0.05) is 84.0 Å². The van der Waals surface area contributed by atoms with E-state index in [1.807, 2.05) is 0 Å². The quantitative estimate of drug-likeness (QED) is 0.185. The fraction of sp³-hybridized carbons (Fsp3) is 1.00. The van der Waals surface area contributed by atoms with Crippen LogP contribution in [0.3, 0.4) is 0 Å². The standard InChI is InChI=1S/C19H42N.Ca.ClH/c1-5-6-7-8-9-10-11-12-13-14-15-16-17-18-19-20(2,3)4;;/h5-19H2,1-4H3;;1H/q+1;+2;. The van der Waals surface area contributed by atoms with Gasteiger partial charge in [-0.2, -0.15) is 0 Å². The summed E-state index contributed by atoms with van der Waals surface area (Å²) in [6, 6.07) is 0. The first-order valence-electron chi connectivity index (χ1n) is 9.36. The maximum Gasteiger partial charge on any atom is 2.00 e. The predicted octanol–water partition coefficient (Wildman–Crippen LogP) is 6.21. The van der Waals surface area contributed by atoms with E-state index in [-0.39, 0.29) is 50.1 Å². The Labute approximate surface area is 178 Å². The van der Waals surface area contributed by atoms with Gasteiger partial charge in [0.1, 0.15) is 0 Å². The van der Waals surface area contributed by atoms with Gasteiger partial charge in [-0.3, -0.25) is 0 Å². The summed E-state index contributed by atoms with van der Waals surface area (Å²) >= 11 is 0. The zero-order valence-corrected chi connectivity index (χ0v) is 19.2. The molecule has 0 aliphatic carbocycles. The summed E-state index contributed by atoms with van der Waals surface area (Å²) in [4.78, 5) is 0. The van der Waals surface area contributed by atoms with E-state index < -0.39 is 0 Å². The van der Waals surface area contributed by atoms with Crippen LogP contribution >= 0.6 is 12.4 Å². The third-order valence-corrected chi connectivity index (χ3v) is 4.18. The number of quaternary nitrogens is 1. The number of hydrogen-bond acceptors (Lipinski definition) is 0. The Balaban J connectivity index is -0.00000180. The second-order valence-electron chi connectivity index (χ2n) is 7.61. The largest absolute Gasteiger partial charge is 2.00 e. The Morgan fingerprint density at radius 1 is 0.500 bits per heavy atom. The van der Waals surface area contributed by atoms with Crippen molar-refractivity contribution in [1.82, 2.24) is 0 Å². The van der Waals surface area contributed by atoms with E-state index in [0.717, 1.165) is 4.48 Å². The van der Waals surface area contributed by atoms with Crippen LogP contribution in [0, 0.1) is 0 Å². The van der Waals surface area contributed by atoms with E-state index in [1.165, 1.54) is 96.4 Å². The minimum atomic E-state index is 0. The first-order valence-corrected chi connectivity index (χ1v) is 9.36. The Kier molecular flexibility index (Phi) is 26.5. The molecular formula is C19H43CaClN+3. The summed E-state index contributed by atoms with van der Waals surface area (Å²) in [5, 5.41) is 0. The number of rotatable bonds is 15. The molecule has 0 aromatic carbocycles. The molecule has 0 heterocycles. The molecule has 3 heteroatoms. The van der Waals surface area contributed by atoms with Crippen LogP contribution in [0.15, 0.2) is 0 Å². The molecule has 0 fully saturated rings. The molecule has 0 aliphatic heterocycles. The van der Waals surface area contributed by atoms with Gasteiger partial charge in [0.2, 0.25) is 0 Å². The van der Waals surface area contributed by atoms with Gasteiger partial charge in [-0.15, -0.1) is 12.4 Å². The van der Waals surface area contributed by atoms with Crippen molar-refractivity contribution in [3.8, 4) is 0 Å². The number of halogens is 1. The molecule has 0 rings (SSSR count). The monoisotopic (exact) mass is 360 g/mol.